The van der Waals surface area contributed by atoms with Crippen molar-refractivity contribution in [2.75, 3.05) is 0 Å². The average Bonchev–Trinajstić information content (AvgIpc) is 3.41. The second-order valence-corrected chi connectivity index (χ2v) is 10.1. The molecule has 4 fully saturated rings. The number of benzene rings is 2. The van der Waals surface area contributed by atoms with E-state index in [0.717, 1.165) is 43.1 Å². The molecule has 8 heteroatoms. The Morgan fingerprint density at radius 3 is 1.62 bits per heavy atom. The smallest absolute Gasteiger partial charge is 0.255 e. The molecule has 0 spiro atoms. The molecular weight excluding hydrogens is 404 g/mol. The van der Waals surface area contributed by atoms with Crippen LogP contribution in [0, 0.1) is 22.7 Å². The summed E-state index contributed by atoms with van der Waals surface area (Å²) >= 11 is 0. The van der Waals surface area contributed by atoms with Gasteiger partial charge in [0.1, 0.15) is 11.0 Å². The van der Waals surface area contributed by atoms with Gasteiger partial charge in [-0.25, -0.2) is 0 Å². The fraction of sp³-hybridized carbons (Fsp3) is 0.417. The first kappa shape index (κ1) is 18.2. The third kappa shape index (κ3) is 2.32. The molecular formula is C24H22N6O2. The van der Waals surface area contributed by atoms with Gasteiger partial charge in [0.05, 0.1) is 21.9 Å². The van der Waals surface area contributed by atoms with E-state index in [4.69, 9.17) is 0 Å². The highest BCUT2D eigenvalue weighted by molar-refractivity contribution is 5.96. The summed E-state index contributed by atoms with van der Waals surface area (Å²) in [5, 5.41) is 16.8. The number of aromatic nitrogens is 6. The molecule has 4 bridgehead atoms. The van der Waals surface area contributed by atoms with Crippen LogP contribution in [-0.2, 0) is 0 Å². The molecule has 0 N–H and O–H groups in total. The van der Waals surface area contributed by atoms with E-state index in [2.05, 4.69) is 20.6 Å². The number of hydrogen-bond donors (Lipinski definition) is 0. The van der Waals surface area contributed by atoms with Crippen molar-refractivity contribution in [2.24, 2.45) is 22.7 Å². The van der Waals surface area contributed by atoms with Crippen LogP contribution in [0.4, 0.5) is 0 Å². The van der Waals surface area contributed by atoms with Gasteiger partial charge in [-0.3, -0.25) is 9.59 Å². The first-order valence-corrected chi connectivity index (χ1v) is 11.3. The Morgan fingerprint density at radius 2 is 1.16 bits per heavy atom. The molecule has 2 aromatic heterocycles. The normalized spacial score (nSPS) is 30.9. The highest BCUT2D eigenvalue weighted by atomic mass is 16.2. The maximum Gasteiger partial charge on any atom is 0.255 e. The molecule has 8 nitrogen and oxygen atoms in total. The lowest BCUT2D eigenvalue weighted by Gasteiger charge is -2.60. The largest absolute Gasteiger partial charge is 0.272 e. The van der Waals surface area contributed by atoms with Gasteiger partial charge in [-0.15, -0.1) is 10.2 Å². The Bertz CT molecular complexity index is 1300. The summed E-state index contributed by atoms with van der Waals surface area (Å²) in [7, 11) is 0. The molecule has 0 radical (unpaired) electrons. The van der Waals surface area contributed by atoms with Crippen LogP contribution >= 0.6 is 0 Å². The van der Waals surface area contributed by atoms with E-state index in [1.54, 1.807) is 0 Å². The lowest BCUT2D eigenvalue weighted by atomic mass is 9.43. The van der Waals surface area contributed by atoms with Crippen LogP contribution in [-0.4, -0.2) is 41.8 Å². The van der Waals surface area contributed by atoms with Crippen LogP contribution in [0.5, 0.6) is 0 Å². The Hall–Kier alpha value is -3.42. The van der Waals surface area contributed by atoms with Gasteiger partial charge >= 0.3 is 0 Å². The van der Waals surface area contributed by atoms with Crippen molar-refractivity contribution < 1.29 is 9.59 Å². The topological polar surface area (TPSA) is 95.6 Å². The molecule has 4 aliphatic rings. The summed E-state index contributed by atoms with van der Waals surface area (Å²) in [6, 6.07) is 15.1. The minimum Gasteiger partial charge on any atom is -0.272 e. The van der Waals surface area contributed by atoms with E-state index in [0.29, 0.717) is 29.3 Å². The molecule has 0 saturated heterocycles. The SMILES string of the molecule is O=C(n1nnc2ccccc21)C12CC3CC(C1)CC(C(=O)n1nnc4ccccc41)(C3)C2. The second-order valence-electron chi connectivity index (χ2n) is 10.1. The predicted octanol–water partition coefficient (Wildman–Crippen LogP) is 3.74. The highest BCUT2D eigenvalue weighted by Gasteiger charge is 2.64. The standard InChI is InChI=1S/C24H22N6O2/c31-21(29-19-7-3-1-5-17(19)25-27-29)23-10-15-9-16(11-23)13-24(12-15,14-23)22(32)30-20-8-4-2-6-18(20)26-28-30/h1-8,15-16H,9-14H2. The first-order chi connectivity index (χ1) is 15.6. The molecule has 2 heterocycles. The molecule has 4 aromatic rings. The zero-order valence-electron chi connectivity index (χ0n) is 17.5. The molecule has 0 atom stereocenters. The number of hydrogen-bond acceptors (Lipinski definition) is 6. The number of para-hydroxylation sites is 2. The predicted molar refractivity (Wildman–Crippen MR) is 116 cm³/mol. The van der Waals surface area contributed by atoms with Gasteiger partial charge < -0.3 is 0 Å². The van der Waals surface area contributed by atoms with Gasteiger partial charge in [-0.2, -0.15) is 9.36 Å². The van der Waals surface area contributed by atoms with Crippen LogP contribution in [0.3, 0.4) is 0 Å². The second kappa shape index (κ2) is 6.09. The van der Waals surface area contributed by atoms with E-state index >= 15 is 0 Å². The van der Waals surface area contributed by atoms with Gasteiger partial charge in [0.2, 0.25) is 0 Å². The Labute approximate surface area is 183 Å². The van der Waals surface area contributed by atoms with Crippen molar-refractivity contribution in [1.29, 1.82) is 0 Å². The number of rotatable bonds is 2. The molecule has 4 aliphatic carbocycles. The van der Waals surface area contributed by atoms with Gasteiger partial charge in [-0.05, 0) is 74.6 Å². The average molecular weight is 426 g/mol. The van der Waals surface area contributed by atoms with Crippen molar-refractivity contribution in [3.05, 3.63) is 48.5 Å². The Kier molecular flexibility index (Phi) is 3.46. The van der Waals surface area contributed by atoms with Crippen LogP contribution in [0.15, 0.2) is 48.5 Å². The minimum atomic E-state index is -0.577. The molecule has 2 aromatic carbocycles. The van der Waals surface area contributed by atoms with Crippen molar-refractivity contribution in [3.8, 4) is 0 Å². The van der Waals surface area contributed by atoms with Crippen LogP contribution in [0.2, 0.25) is 0 Å². The van der Waals surface area contributed by atoms with E-state index in [1.165, 1.54) is 9.36 Å². The number of fused-ring (bicyclic) bond motifs is 2. The molecule has 4 saturated carbocycles. The maximum absolute atomic E-state index is 14.0. The summed E-state index contributed by atoms with van der Waals surface area (Å²) in [4.78, 5) is 27.9. The lowest BCUT2D eigenvalue weighted by molar-refractivity contribution is -0.0801. The van der Waals surface area contributed by atoms with Crippen molar-refractivity contribution >= 4 is 33.9 Å². The molecule has 0 aliphatic heterocycles. The summed E-state index contributed by atoms with van der Waals surface area (Å²) in [5.41, 5.74) is 1.74. The highest BCUT2D eigenvalue weighted by Crippen LogP contribution is 2.66. The van der Waals surface area contributed by atoms with E-state index in [9.17, 15) is 9.59 Å². The van der Waals surface area contributed by atoms with Crippen LogP contribution in [0.25, 0.3) is 22.1 Å². The van der Waals surface area contributed by atoms with E-state index in [1.807, 2.05) is 48.5 Å². The maximum atomic E-state index is 14.0. The fourth-order valence-corrected chi connectivity index (χ4v) is 7.25. The summed E-state index contributed by atoms with van der Waals surface area (Å²) in [5.74, 6) is 0.712. The van der Waals surface area contributed by atoms with Crippen molar-refractivity contribution in [2.45, 2.75) is 38.5 Å². The van der Waals surface area contributed by atoms with Crippen molar-refractivity contribution in [3.63, 3.8) is 0 Å². The summed E-state index contributed by atoms with van der Waals surface area (Å²) in [6.07, 6.45) is 4.94. The van der Waals surface area contributed by atoms with Crippen LogP contribution < -0.4 is 0 Å². The molecule has 8 rings (SSSR count). The first-order valence-electron chi connectivity index (χ1n) is 11.3. The van der Waals surface area contributed by atoms with Crippen LogP contribution in [0.1, 0.15) is 48.1 Å². The number of carbonyl (C=O) groups excluding carboxylic acids is 2. The summed E-state index contributed by atoms with van der Waals surface area (Å²) in [6.45, 7) is 0. The Balaban J connectivity index is 1.32. The monoisotopic (exact) mass is 426 g/mol. The van der Waals surface area contributed by atoms with Gasteiger partial charge in [0, 0.05) is 0 Å². The zero-order valence-corrected chi connectivity index (χ0v) is 17.5. The number of nitrogens with zero attached hydrogens (tertiary/aromatic N) is 6. The third-order valence-electron chi connectivity index (χ3n) is 8.06. The quantitative estimate of drug-likeness (QED) is 0.484. The van der Waals surface area contributed by atoms with Gasteiger partial charge in [0.15, 0.2) is 0 Å². The third-order valence-corrected chi connectivity index (χ3v) is 8.06. The number of carbonyl (C=O) groups is 2. The van der Waals surface area contributed by atoms with E-state index in [-0.39, 0.29) is 11.8 Å². The van der Waals surface area contributed by atoms with Crippen molar-refractivity contribution in [1.82, 2.24) is 30.0 Å². The van der Waals surface area contributed by atoms with Gasteiger partial charge in [-0.1, -0.05) is 34.7 Å². The molecule has 0 unspecified atom stereocenters. The lowest BCUT2D eigenvalue weighted by Crippen LogP contribution is -2.59. The molecule has 160 valence electrons. The minimum absolute atomic E-state index is 0.0130. The molecule has 32 heavy (non-hydrogen) atoms. The summed E-state index contributed by atoms with van der Waals surface area (Å²) < 4.78 is 2.96. The fourth-order valence-electron chi connectivity index (χ4n) is 7.25. The van der Waals surface area contributed by atoms with Gasteiger partial charge in [0.25, 0.3) is 11.8 Å². The molecule has 0 amide bonds. The Morgan fingerprint density at radius 1 is 0.719 bits per heavy atom. The van der Waals surface area contributed by atoms with E-state index < -0.39 is 10.8 Å². The zero-order chi connectivity index (χ0) is 21.5.